The second-order valence-electron chi connectivity index (χ2n) is 3.73. The summed E-state index contributed by atoms with van der Waals surface area (Å²) in [4.78, 5) is 11.1. The summed E-state index contributed by atoms with van der Waals surface area (Å²) in [5.41, 5.74) is 1.28. The van der Waals surface area contributed by atoms with Gasteiger partial charge in [-0.25, -0.2) is 0 Å². The quantitative estimate of drug-likeness (QED) is 0.465. The van der Waals surface area contributed by atoms with Crippen molar-refractivity contribution in [3.8, 4) is 0 Å². The van der Waals surface area contributed by atoms with Crippen molar-refractivity contribution in [3.05, 3.63) is 11.6 Å². The van der Waals surface area contributed by atoms with Gasteiger partial charge >= 0.3 is 5.97 Å². The number of esters is 1. The summed E-state index contributed by atoms with van der Waals surface area (Å²) in [5.74, 6) is 0.935. The lowest BCUT2D eigenvalue weighted by Crippen LogP contribution is -2.04. The van der Waals surface area contributed by atoms with Gasteiger partial charge in [-0.1, -0.05) is 18.6 Å². The van der Waals surface area contributed by atoms with E-state index in [1.54, 1.807) is 0 Å². The Hall–Kier alpha value is -0.790. The standard InChI is InChI=1S/C10H16O2/c1-6(2)5-8-7(3)9(8)10(11)12-4/h5,7-9H,1-4H3/t7?,8-,9+/m1/s1. The second-order valence-corrected chi connectivity index (χ2v) is 3.73. The van der Waals surface area contributed by atoms with Crippen LogP contribution < -0.4 is 0 Å². The molecule has 0 saturated heterocycles. The maximum atomic E-state index is 11.1. The summed E-state index contributed by atoms with van der Waals surface area (Å²) in [7, 11) is 1.45. The van der Waals surface area contributed by atoms with Gasteiger partial charge in [-0.15, -0.1) is 0 Å². The zero-order chi connectivity index (χ0) is 9.30. The third-order valence-electron chi connectivity index (χ3n) is 2.45. The lowest BCUT2D eigenvalue weighted by molar-refractivity contribution is -0.142. The van der Waals surface area contributed by atoms with E-state index in [1.165, 1.54) is 12.7 Å². The number of rotatable bonds is 2. The molecular formula is C10H16O2. The topological polar surface area (TPSA) is 26.3 Å². The van der Waals surface area contributed by atoms with Crippen LogP contribution in [-0.4, -0.2) is 13.1 Å². The van der Waals surface area contributed by atoms with Gasteiger partial charge in [0, 0.05) is 0 Å². The molecule has 0 bridgehead atoms. The summed E-state index contributed by atoms with van der Waals surface area (Å²) >= 11 is 0. The molecule has 1 fully saturated rings. The Morgan fingerprint density at radius 3 is 2.42 bits per heavy atom. The van der Waals surface area contributed by atoms with Crippen molar-refractivity contribution >= 4 is 5.97 Å². The minimum absolute atomic E-state index is 0.0648. The Balaban J connectivity index is 2.54. The molecule has 2 nitrogen and oxygen atoms in total. The van der Waals surface area contributed by atoms with Crippen LogP contribution in [-0.2, 0) is 9.53 Å². The molecule has 0 heterocycles. The van der Waals surface area contributed by atoms with Gasteiger partial charge in [0.2, 0.25) is 0 Å². The molecule has 1 aliphatic rings. The van der Waals surface area contributed by atoms with Crippen molar-refractivity contribution in [1.29, 1.82) is 0 Å². The molecule has 2 heteroatoms. The maximum absolute atomic E-state index is 11.1. The monoisotopic (exact) mass is 168 g/mol. The van der Waals surface area contributed by atoms with Gasteiger partial charge in [0.15, 0.2) is 0 Å². The highest BCUT2D eigenvalue weighted by Gasteiger charge is 2.50. The highest BCUT2D eigenvalue weighted by atomic mass is 16.5. The van der Waals surface area contributed by atoms with Crippen molar-refractivity contribution in [2.75, 3.05) is 7.11 Å². The molecule has 0 aliphatic heterocycles. The van der Waals surface area contributed by atoms with Gasteiger partial charge in [-0.3, -0.25) is 4.79 Å². The van der Waals surface area contributed by atoms with E-state index in [1.807, 2.05) is 0 Å². The molecule has 0 spiro atoms. The predicted molar refractivity (Wildman–Crippen MR) is 47.6 cm³/mol. The van der Waals surface area contributed by atoms with Crippen molar-refractivity contribution in [1.82, 2.24) is 0 Å². The minimum atomic E-state index is -0.0648. The van der Waals surface area contributed by atoms with E-state index in [9.17, 15) is 4.79 Å². The van der Waals surface area contributed by atoms with Crippen LogP contribution in [0.4, 0.5) is 0 Å². The van der Waals surface area contributed by atoms with Crippen LogP contribution >= 0.6 is 0 Å². The normalized spacial score (nSPS) is 32.5. The summed E-state index contributed by atoms with van der Waals surface area (Å²) < 4.78 is 4.69. The molecule has 0 aromatic carbocycles. The number of ether oxygens (including phenoxy) is 1. The highest BCUT2D eigenvalue weighted by molar-refractivity contribution is 5.76. The van der Waals surface area contributed by atoms with Gasteiger partial charge in [0.05, 0.1) is 13.0 Å². The Kier molecular flexibility index (Phi) is 2.55. The van der Waals surface area contributed by atoms with Crippen molar-refractivity contribution in [3.63, 3.8) is 0 Å². The van der Waals surface area contributed by atoms with Gasteiger partial charge in [-0.05, 0) is 25.7 Å². The van der Waals surface area contributed by atoms with Crippen LogP contribution in [0.5, 0.6) is 0 Å². The average Bonchev–Trinajstić information content (AvgIpc) is 2.59. The fourth-order valence-electron chi connectivity index (χ4n) is 1.64. The van der Waals surface area contributed by atoms with Gasteiger partial charge in [0.1, 0.15) is 0 Å². The van der Waals surface area contributed by atoms with Crippen molar-refractivity contribution in [2.45, 2.75) is 20.8 Å². The first kappa shape index (κ1) is 9.30. The van der Waals surface area contributed by atoms with Gasteiger partial charge in [-0.2, -0.15) is 0 Å². The predicted octanol–water partition coefficient (Wildman–Crippen LogP) is 2.01. The molecule has 0 radical (unpaired) electrons. The Morgan fingerprint density at radius 2 is 2.00 bits per heavy atom. The highest BCUT2D eigenvalue weighted by Crippen LogP contribution is 2.48. The molecule has 0 aromatic heterocycles. The molecule has 12 heavy (non-hydrogen) atoms. The van der Waals surface area contributed by atoms with Gasteiger partial charge < -0.3 is 4.74 Å². The van der Waals surface area contributed by atoms with E-state index in [0.717, 1.165) is 0 Å². The number of carbonyl (C=O) groups is 1. The lowest BCUT2D eigenvalue weighted by atomic mass is 10.2. The van der Waals surface area contributed by atoms with Crippen LogP contribution in [0.15, 0.2) is 11.6 Å². The van der Waals surface area contributed by atoms with Crippen LogP contribution in [0.2, 0.25) is 0 Å². The van der Waals surface area contributed by atoms with E-state index in [0.29, 0.717) is 11.8 Å². The fourth-order valence-corrected chi connectivity index (χ4v) is 1.64. The molecular weight excluding hydrogens is 152 g/mol. The van der Waals surface area contributed by atoms with E-state index in [4.69, 9.17) is 0 Å². The number of methoxy groups -OCH3 is 1. The van der Waals surface area contributed by atoms with Crippen LogP contribution in [0.25, 0.3) is 0 Å². The minimum Gasteiger partial charge on any atom is -0.469 e. The third-order valence-corrected chi connectivity index (χ3v) is 2.45. The summed E-state index contributed by atoms with van der Waals surface area (Å²) in [6.07, 6.45) is 2.16. The van der Waals surface area contributed by atoms with E-state index in [2.05, 4.69) is 31.6 Å². The molecule has 1 rings (SSSR count). The molecule has 1 aliphatic carbocycles. The number of allylic oxidation sites excluding steroid dienone is 2. The first-order valence-electron chi connectivity index (χ1n) is 4.30. The van der Waals surface area contributed by atoms with Crippen LogP contribution in [0.1, 0.15) is 20.8 Å². The van der Waals surface area contributed by atoms with Crippen molar-refractivity contribution < 1.29 is 9.53 Å². The largest absolute Gasteiger partial charge is 0.469 e. The first-order valence-corrected chi connectivity index (χ1v) is 4.30. The van der Waals surface area contributed by atoms with Crippen molar-refractivity contribution in [2.24, 2.45) is 17.8 Å². The van der Waals surface area contributed by atoms with E-state index >= 15 is 0 Å². The third kappa shape index (κ3) is 1.68. The Labute approximate surface area is 73.6 Å². The Bertz CT molecular complexity index is 214. The number of hydrogen-bond acceptors (Lipinski definition) is 2. The summed E-state index contributed by atoms with van der Waals surface area (Å²) in [6.45, 7) is 6.20. The molecule has 68 valence electrons. The zero-order valence-electron chi connectivity index (χ0n) is 8.13. The number of hydrogen-bond donors (Lipinski definition) is 0. The number of carbonyl (C=O) groups excluding carboxylic acids is 1. The molecule has 3 atom stereocenters. The fraction of sp³-hybridized carbons (Fsp3) is 0.700. The molecule has 1 unspecified atom stereocenters. The SMILES string of the molecule is COC(=O)[C@H]1C(C)[C@H]1C=C(C)C. The summed E-state index contributed by atoms with van der Waals surface area (Å²) in [5, 5.41) is 0. The van der Waals surface area contributed by atoms with Crippen LogP contribution in [0, 0.1) is 17.8 Å². The smallest absolute Gasteiger partial charge is 0.309 e. The lowest BCUT2D eigenvalue weighted by Gasteiger charge is -1.94. The Morgan fingerprint density at radius 1 is 1.42 bits per heavy atom. The maximum Gasteiger partial charge on any atom is 0.309 e. The van der Waals surface area contributed by atoms with E-state index < -0.39 is 0 Å². The summed E-state index contributed by atoms with van der Waals surface area (Å²) in [6, 6.07) is 0. The van der Waals surface area contributed by atoms with E-state index in [-0.39, 0.29) is 11.9 Å². The molecule has 0 amide bonds. The van der Waals surface area contributed by atoms with Crippen LogP contribution in [0.3, 0.4) is 0 Å². The molecule has 0 N–H and O–H groups in total. The first-order chi connectivity index (χ1) is 5.57. The van der Waals surface area contributed by atoms with Gasteiger partial charge in [0.25, 0.3) is 0 Å². The second kappa shape index (κ2) is 3.30. The zero-order valence-corrected chi connectivity index (χ0v) is 8.13. The molecule has 0 aromatic rings. The molecule has 1 saturated carbocycles. The average molecular weight is 168 g/mol.